The third-order valence-corrected chi connectivity index (χ3v) is 17.5. The summed E-state index contributed by atoms with van der Waals surface area (Å²) in [5, 5.41) is 66.7. The molecule has 8 aliphatic rings. The van der Waals surface area contributed by atoms with Crippen LogP contribution in [0.1, 0.15) is 153 Å². The van der Waals surface area contributed by atoms with E-state index in [1.165, 1.54) is 56.8 Å². The van der Waals surface area contributed by atoms with Crippen molar-refractivity contribution < 1.29 is 91.6 Å². The van der Waals surface area contributed by atoms with E-state index in [9.17, 15) is 47.9 Å². The molecule has 12 heterocycles. The van der Waals surface area contributed by atoms with E-state index in [-0.39, 0.29) is 77.6 Å². The molecule has 4 aromatic heterocycles. The summed E-state index contributed by atoms with van der Waals surface area (Å²) in [6.45, 7) is 26.7. The molecule has 3 spiro atoms. The number of nitrogen functional groups attached to an aromatic ring is 2. The number of carbonyl (C=O) groups is 11. The number of likely N-dealkylation sites (tertiary alicyclic amines) is 4. The zero-order valence-electron chi connectivity index (χ0n) is 65.4. The lowest BCUT2D eigenvalue weighted by Gasteiger charge is -2.51. The maximum absolute atomic E-state index is 12.7. The van der Waals surface area contributed by atoms with Gasteiger partial charge in [0.1, 0.15) is 94.0 Å². The molecule has 5 fully saturated rings. The van der Waals surface area contributed by atoms with Crippen molar-refractivity contribution >= 4 is 89.1 Å². The van der Waals surface area contributed by atoms with Crippen LogP contribution in [0.15, 0.2) is 58.9 Å². The molecule has 0 radical (unpaired) electrons. The molecule has 0 atom stereocenters. The molecule has 40 heteroatoms. The van der Waals surface area contributed by atoms with Crippen LogP contribution in [-0.2, 0) is 65.2 Å². The third kappa shape index (κ3) is 23.0. The Balaban J connectivity index is 0.000000196. The highest BCUT2D eigenvalue weighted by Crippen LogP contribution is 2.38. The van der Waals surface area contributed by atoms with E-state index in [0.29, 0.717) is 104 Å². The lowest BCUT2D eigenvalue weighted by molar-refractivity contribution is -0.726. The SMILES string of the molecule is CC(=O)[O-].CC(C)(C)OC(=O)N1CC2(CC(Cl)=C(C#N)C(=O)N2)C1.CC(C)(C)OC(=O)N1CC2(Cc3nn(-c4ccc(C#N)cn4)c(N)c3C(=O)N2)C1.COC(=O)C=C1CN(C(=O)OC(C)(C)C)C1.COC(=O)CC1(NC(=O)CC#N)CN(C(=O)OC(C)(C)C)C1.N#Cc1ccc(-n2nc3c(c2N)C(=O)NC2(C[NH2+]C2)C3)nc1. The number of hydrogen-bond donors (Lipinski definition) is 7. The number of rotatable bonds is 7. The van der Waals surface area contributed by atoms with Gasteiger partial charge in [0.2, 0.25) is 5.91 Å². The molecule has 8 amide bonds. The first kappa shape index (κ1) is 87.6. The predicted octanol–water partition coefficient (Wildman–Crippen LogP) is 1.49. The van der Waals surface area contributed by atoms with Gasteiger partial charge in [0, 0.05) is 101 Å². The number of pyridine rings is 2. The number of quaternary nitrogens is 1. The Labute approximate surface area is 655 Å². The normalized spacial score (nSPS) is 17.2. The zero-order chi connectivity index (χ0) is 84.3. The van der Waals surface area contributed by atoms with Gasteiger partial charge in [-0.15, -0.1) is 0 Å². The van der Waals surface area contributed by atoms with Gasteiger partial charge < -0.3 is 96.0 Å². The topological polar surface area (TPSA) is 553 Å². The van der Waals surface area contributed by atoms with Crippen LogP contribution in [0.25, 0.3) is 11.6 Å². The lowest BCUT2D eigenvalue weighted by Crippen LogP contribution is -3.05. The minimum Gasteiger partial charge on any atom is -0.550 e. The number of nitrogens with two attached hydrogens (primary N) is 3. The van der Waals surface area contributed by atoms with E-state index in [1.807, 2.05) is 53.7 Å². The number of nitriles is 4. The molecule has 12 rings (SSSR count). The average molecular weight is 1590 g/mol. The van der Waals surface area contributed by atoms with Gasteiger partial charge in [-0.05, 0) is 120 Å². The molecule has 0 bridgehead atoms. The molecule has 113 heavy (non-hydrogen) atoms. The molecular weight excluding hydrogens is 1490 g/mol. The fraction of sp³-hybridized carbons (Fsp3) is 0.521. The summed E-state index contributed by atoms with van der Waals surface area (Å²) >= 11 is 5.97. The fourth-order valence-corrected chi connectivity index (χ4v) is 12.6. The summed E-state index contributed by atoms with van der Waals surface area (Å²) in [6, 6.07) is 14.1. The third-order valence-electron chi connectivity index (χ3n) is 17.2. The van der Waals surface area contributed by atoms with Crippen LogP contribution in [0, 0.1) is 45.3 Å². The van der Waals surface area contributed by atoms with Crippen LogP contribution in [-0.4, -0.2) is 239 Å². The Morgan fingerprint density at radius 1 is 0.593 bits per heavy atom. The van der Waals surface area contributed by atoms with E-state index in [4.69, 9.17) is 73.0 Å². The van der Waals surface area contributed by atoms with Crippen molar-refractivity contribution in [3.63, 3.8) is 0 Å². The maximum atomic E-state index is 12.7. The Hall–Kier alpha value is -12.6. The quantitative estimate of drug-likeness (QED) is 0.0783. The van der Waals surface area contributed by atoms with E-state index in [0.717, 1.165) is 25.6 Å². The number of ether oxygens (including phenoxy) is 6. The summed E-state index contributed by atoms with van der Waals surface area (Å²) in [4.78, 5) is 141. The summed E-state index contributed by atoms with van der Waals surface area (Å²) < 4.78 is 33.0. The second kappa shape index (κ2) is 34.7. The van der Waals surface area contributed by atoms with Crippen molar-refractivity contribution in [3.8, 4) is 35.9 Å². The number of carboxylic acids is 1. The van der Waals surface area contributed by atoms with Crippen molar-refractivity contribution in [1.29, 1.82) is 21.0 Å². The average Bonchev–Trinajstić information content (AvgIpc) is 1.64. The van der Waals surface area contributed by atoms with Gasteiger partial charge in [-0.1, -0.05) is 11.6 Å². The van der Waals surface area contributed by atoms with Gasteiger partial charge in [-0.2, -0.15) is 40.6 Å². The van der Waals surface area contributed by atoms with Crippen molar-refractivity contribution in [2.24, 2.45) is 0 Å². The van der Waals surface area contributed by atoms with Gasteiger partial charge in [-0.25, -0.2) is 33.9 Å². The summed E-state index contributed by atoms with van der Waals surface area (Å²) in [7, 11) is 2.57. The monoisotopic (exact) mass is 1590 g/mol. The van der Waals surface area contributed by atoms with E-state index >= 15 is 0 Å². The standard InChI is InChI=1S/C19H21N7O3.C14H13N7O.C14H21N3O5.C13H16ClN3O3.C11H17NO4.C2H4O2/c1-18(2,3)29-17(28)25-9-19(10-25)6-12-14(16(27)23-19)15(21)26(24-12)13-5-4-11(7-20)8-22-13;15-4-8-1-2-10(18-5-8)21-12(16)11-9(20-21)3-14(6-17-7-14)19-13(11)22;1-13(2,3)22-12(20)17-8-14(9-17,7-11(19)21-4)16-10(18)5-6-15;1-12(2,3)20-11(19)17-6-13(7-17)4-9(14)8(5-15)10(18)16-13;1-11(2,3)16-10(14)12-6-8(7-12)5-9(13)15-4;1-2(3)4/h4-5,8H,6,9-10,21H2,1-3H3,(H,23,27);1-2,5,17H,3,6-7,16H2,(H,19,22);5,7-9H2,1-4H3,(H,16,18);4,6-7H2,1-3H3,(H,16,18);5H,6-7H2,1-4H3;1H3,(H,3,4). The first-order valence-corrected chi connectivity index (χ1v) is 35.6. The van der Waals surface area contributed by atoms with E-state index in [1.54, 1.807) is 82.8 Å². The Morgan fingerprint density at radius 3 is 1.33 bits per heavy atom. The molecule has 0 unspecified atom stereocenters. The zero-order valence-corrected chi connectivity index (χ0v) is 66.1. The highest BCUT2D eigenvalue weighted by molar-refractivity contribution is 6.33. The highest BCUT2D eigenvalue weighted by atomic mass is 35.5. The molecule has 39 nitrogen and oxygen atoms in total. The maximum Gasteiger partial charge on any atom is 0.410 e. The molecule has 0 aliphatic carbocycles. The second-order valence-corrected chi connectivity index (χ2v) is 32.1. The van der Waals surface area contributed by atoms with Crippen LogP contribution in [0.4, 0.5) is 30.8 Å². The first-order chi connectivity index (χ1) is 52.5. The van der Waals surface area contributed by atoms with E-state index < -0.39 is 81.1 Å². The second-order valence-electron chi connectivity index (χ2n) is 31.7. The van der Waals surface area contributed by atoms with Crippen molar-refractivity contribution in [2.45, 2.75) is 167 Å². The van der Waals surface area contributed by atoms with Gasteiger partial charge in [0.05, 0.1) is 65.8 Å². The number of fused-ring (bicyclic) bond motifs is 2. The molecule has 5 saturated heterocycles. The number of nitrogens with one attached hydrogen (secondary N) is 4. The van der Waals surface area contributed by atoms with Crippen LogP contribution in [0.3, 0.4) is 0 Å². The van der Waals surface area contributed by atoms with Gasteiger partial charge >= 0.3 is 36.3 Å². The predicted molar refractivity (Wildman–Crippen MR) is 394 cm³/mol. The molecule has 604 valence electrons. The number of aliphatic carboxylic acids is 1. The minimum atomic E-state index is -1.08. The van der Waals surface area contributed by atoms with Crippen molar-refractivity contribution in [3.05, 3.63) is 92.6 Å². The lowest BCUT2D eigenvalue weighted by atomic mass is 9.81. The number of methoxy groups -OCH3 is 2. The number of amides is 8. The number of nitrogens with zero attached hydrogens (tertiary/aromatic N) is 14. The fourth-order valence-electron chi connectivity index (χ4n) is 12.3. The summed E-state index contributed by atoms with van der Waals surface area (Å²) in [5.41, 5.74) is 11.5. The van der Waals surface area contributed by atoms with Crippen molar-refractivity contribution in [1.82, 2.24) is 70.4 Å². The van der Waals surface area contributed by atoms with Gasteiger partial charge in [0.15, 0.2) is 11.6 Å². The Kier molecular flexibility index (Phi) is 26.9. The number of carbonyl (C=O) groups excluding carboxylic acids is 11. The van der Waals surface area contributed by atoms with Crippen LogP contribution < -0.4 is 43.2 Å². The Bertz CT molecular complexity index is 4590. The first-order valence-electron chi connectivity index (χ1n) is 35.2. The molecule has 4 aromatic rings. The van der Waals surface area contributed by atoms with Crippen LogP contribution in [0.2, 0.25) is 0 Å². The summed E-state index contributed by atoms with van der Waals surface area (Å²) in [6.07, 6.45) is 3.70. The summed E-state index contributed by atoms with van der Waals surface area (Å²) in [5.74, 6) is -2.06. The number of hydrogen-bond acceptors (Lipinski definition) is 28. The molecular formula is C73H92ClN21O18. The van der Waals surface area contributed by atoms with Crippen LogP contribution >= 0.6 is 11.6 Å². The molecule has 8 aliphatic heterocycles. The van der Waals surface area contributed by atoms with E-state index in [2.05, 4.69) is 56.2 Å². The minimum absolute atomic E-state index is 0.0481. The molecule has 0 saturated carbocycles. The Morgan fingerprint density at radius 2 is 0.982 bits per heavy atom. The van der Waals surface area contributed by atoms with Gasteiger partial charge in [0.25, 0.3) is 17.7 Å². The number of esters is 2. The largest absolute Gasteiger partial charge is 0.550 e. The number of aromatic nitrogens is 6. The number of carboxylic acid groups (broad SMARTS) is 1. The highest BCUT2D eigenvalue weighted by Gasteiger charge is 2.54. The van der Waals surface area contributed by atoms with Gasteiger partial charge in [-0.3, -0.25) is 24.0 Å². The number of anilines is 2. The van der Waals surface area contributed by atoms with Crippen LogP contribution in [0.5, 0.6) is 0 Å². The van der Waals surface area contributed by atoms with Crippen molar-refractivity contribution in [2.75, 3.05) is 91.1 Å². The molecule has 10 N–H and O–H groups in total. The smallest absolute Gasteiger partial charge is 0.410 e. The molecule has 0 aromatic carbocycles. The number of halogens is 1.